The summed E-state index contributed by atoms with van der Waals surface area (Å²) in [5.74, 6) is 0.620. The zero-order valence-corrected chi connectivity index (χ0v) is 63.3. The monoisotopic (exact) mass is 1380 g/mol. The Balaban J connectivity index is 1.01. The highest BCUT2D eigenvalue weighted by atomic mass is 15.2. The Bertz CT molecular complexity index is 5680. The largest absolute Gasteiger partial charge is 0.311 e. The lowest BCUT2D eigenvalue weighted by Gasteiger charge is -2.45. The van der Waals surface area contributed by atoms with E-state index in [1.165, 1.54) is 81.7 Å². The summed E-state index contributed by atoms with van der Waals surface area (Å²) in [4.78, 5) is 17.4. The molecule has 5 heteroatoms. The van der Waals surface area contributed by atoms with Gasteiger partial charge in [0, 0.05) is 50.8 Å². The Morgan fingerprint density at radius 2 is 0.505 bits per heavy atom. The molecule has 15 aromatic carbocycles. The topological polar surface area (TPSA) is 32.3 Å². The van der Waals surface area contributed by atoms with Gasteiger partial charge in [0.05, 0.1) is 11.4 Å². The predicted molar refractivity (Wildman–Crippen MR) is 459 cm³/mol. The average Bonchev–Trinajstić information content (AvgIpc) is 0.687. The van der Waals surface area contributed by atoms with Gasteiger partial charge >= 0.3 is 0 Å². The number of anilines is 6. The van der Waals surface area contributed by atoms with Crippen molar-refractivity contribution in [2.75, 3.05) is 9.80 Å². The molecule has 4 nitrogen and oxygen atoms in total. The zero-order valence-electron chi connectivity index (χ0n) is 63.3. The van der Waals surface area contributed by atoms with Crippen LogP contribution in [0.2, 0.25) is 0 Å². The van der Waals surface area contributed by atoms with Crippen LogP contribution in [0.3, 0.4) is 0 Å². The van der Waals surface area contributed by atoms with Crippen LogP contribution in [0, 0.1) is 0 Å². The minimum Gasteiger partial charge on any atom is -0.311 e. The van der Waals surface area contributed by atoms with E-state index < -0.39 is 0 Å². The average molecular weight is 1380 g/mol. The number of hydrogen-bond donors (Lipinski definition) is 0. The molecular formula is C102H87BN4. The van der Waals surface area contributed by atoms with Crippen molar-refractivity contribution in [1.82, 2.24) is 9.97 Å². The fourth-order valence-electron chi connectivity index (χ4n) is 16.4. The fourth-order valence-corrected chi connectivity index (χ4v) is 16.4. The maximum atomic E-state index is 6.05. The van der Waals surface area contributed by atoms with Crippen molar-refractivity contribution < 1.29 is 0 Å². The Hall–Kier alpha value is -11.9. The molecule has 518 valence electrons. The van der Waals surface area contributed by atoms with Crippen molar-refractivity contribution >= 4 is 100 Å². The molecule has 0 saturated carbocycles. The van der Waals surface area contributed by atoms with Crippen LogP contribution < -0.4 is 26.2 Å². The second kappa shape index (κ2) is 25.4. The first kappa shape index (κ1) is 67.0. The van der Waals surface area contributed by atoms with E-state index in [1.807, 2.05) is 0 Å². The summed E-state index contributed by atoms with van der Waals surface area (Å²) in [6.07, 6.45) is 0. The molecule has 0 saturated heterocycles. The van der Waals surface area contributed by atoms with Crippen molar-refractivity contribution in [3.8, 4) is 78.4 Å². The summed E-state index contributed by atoms with van der Waals surface area (Å²) in [6, 6.07) is 117. The molecule has 3 heterocycles. The Kier molecular flexibility index (Phi) is 15.9. The summed E-state index contributed by atoms with van der Waals surface area (Å²) in [7, 11) is 0. The van der Waals surface area contributed by atoms with Gasteiger partial charge in [0.25, 0.3) is 6.71 Å². The minimum atomic E-state index is -0.226. The first-order valence-corrected chi connectivity index (χ1v) is 37.9. The highest BCUT2D eigenvalue weighted by Gasteiger charge is 2.45. The maximum Gasteiger partial charge on any atom is 0.252 e. The van der Waals surface area contributed by atoms with Crippen LogP contribution in [0.1, 0.15) is 105 Å². The number of nitrogens with zero attached hydrogens (tertiary/aromatic N) is 4. The van der Waals surface area contributed by atoms with Crippen LogP contribution in [-0.4, -0.2) is 16.7 Å². The van der Waals surface area contributed by atoms with Gasteiger partial charge in [0.2, 0.25) is 0 Å². The van der Waals surface area contributed by atoms with Gasteiger partial charge in [-0.3, -0.25) is 0 Å². The summed E-state index contributed by atoms with van der Waals surface area (Å²) in [5, 5.41) is 9.67. The highest BCUT2D eigenvalue weighted by molar-refractivity contribution is 7.00. The normalized spacial score (nSPS) is 13.0. The lowest BCUT2D eigenvalue weighted by atomic mass is 9.33. The van der Waals surface area contributed by atoms with Gasteiger partial charge in [-0.1, -0.05) is 277 Å². The van der Waals surface area contributed by atoms with Gasteiger partial charge in [-0.2, -0.15) is 0 Å². The third-order valence-electron chi connectivity index (χ3n) is 22.4. The number of benzene rings is 15. The van der Waals surface area contributed by atoms with E-state index in [0.717, 1.165) is 107 Å². The van der Waals surface area contributed by atoms with E-state index in [2.05, 4.69) is 402 Å². The molecule has 16 aromatic rings. The third kappa shape index (κ3) is 12.4. The molecule has 0 atom stereocenters. The molecule has 0 unspecified atom stereocenters. The second-order valence-corrected chi connectivity index (χ2v) is 34.0. The molecule has 0 fully saturated rings. The van der Waals surface area contributed by atoms with E-state index >= 15 is 0 Å². The van der Waals surface area contributed by atoms with E-state index in [9.17, 15) is 0 Å². The second-order valence-electron chi connectivity index (χ2n) is 34.0. The molecule has 18 rings (SSSR count). The lowest BCUT2D eigenvalue weighted by Crippen LogP contribution is -2.61. The van der Waals surface area contributed by atoms with Gasteiger partial charge in [-0.05, 0) is 263 Å². The molecule has 0 bridgehead atoms. The van der Waals surface area contributed by atoms with Gasteiger partial charge in [0.15, 0.2) is 5.82 Å². The Morgan fingerprint density at radius 3 is 0.804 bits per heavy atom. The molecule has 0 amide bonds. The molecule has 2 aliphatic rings. The van der Waals surface area contributed by atoms with Crippen molar-refractivity contribution in [1.29, 1.82) is 0 Å². The minimum absolute atomic E-state index is 0.189. The highest BCUT2D eigenvalue weighted by Crippen LogP contribution is 2.51. The van der Waals surface area contributed by atoms with E-state index in [-0.39, 0.29) is 28.4 Å². The molecule has 1 aromatic heterocycles. The maximum absolute atomic E-state index is 6.05. The van der Waals surface area contributed by atoms with Crippen LogP contribution in [-0.2, 0) is 21.7 Å². The van der Waals surface area contributed by atoms with Crippen LogP contribution in [0.15, 0.2) is 309 Å². The predicted octanol–water partition coefficient (Wildman–Crippen LogP) is 26.0. The van der Waals surface area contributed by atoms with Crippen LogP contribution in [0.25, 0.3) is 122 Å². The molecule has 0 aliphatic carbocycles. The quantitative estimate of drug-likeness (QED) is 0.106. The summed E-state index contributed by atoms with van der Waals surface area (Å²) in [5.41, 5.74) is 28.3. The van der Waals surface area contributed by atoms with E-state index in [4.69, 9.17) is 9.97 Å². The number of aromatic nitrogens is 2. The SMILES string of the molecule is CC(C)(C)c1cc(N2c3cc4cc5ccccc5cc4cc3B3c4cc5cc6ccccc6cc5cc4N(c4cc(C(C)(C)C)cc(C(C)(C)C)c4)c4cc(-c5nc(-c6cc(-c7ccccc7)cc(-c7ccccc7)c6)cc(-c6cc(-c7ccccc7)cc(-c7ccccc7)c6)n5)cc2c43)cc(C(C)(C)C)c1. The number of rotatable bonds is 9. The third-order valence-corrected chi connectivity index (χ3v) is 22.4. The molecule has 0 radical (unpaired) electrons. The van der Waals surface area contributed by atoms with Crippen molar-refractivity contribution in [3.63, 3.8) is 0 Å². The first-order chi connectivity index (χ1) is 51.5. The summed E-state index contributed by atoms with van der Waals surface area (Å²) < 4.78 is 0. The smallest absolute Gasteiger partial charge is 0.252 e. The number of hydrogen-bond acceptors (Lipinski definition) is 4. The van der Waals surface area contributed by atoms with Gasteiger partial charge in [0.1, 0.15) is 0 Å². The van der Waals surface area contributed by atoms with E-state index in [0.29, 0.717) is 5.82 Å². The van der Waals surface area contributed by atoms with Crippen molar-refractivity contribution in [2.24, 2.45) is 0 Å². The zero-order chi connectivity index (χ0) is 73.4. The number of fused-ring (bicyclic) bond motifs is 8. The Labute approximate surface area is 630 Å². The molecule has 0 N–H and O–H groups in total. The summed E-state index contributed by atoms with van der Waals surface area (Å²) in [6.45, 7) is 28.1. The lowest BCUT2D eigenvalue weighted by molar-refractivity contribution is 0.568. The van der Waals surface area contributed by atoms with Crippen LogP contribution in [0.4, 0.5) is 34.1 Å². The van der Waals surface area contributed by atoms with Crippen molar-refractivity contribution in [3.05, 3.63) is 332 Å². The standard InChI is InChI=1S/C102H87BN4/c1-99(2,3)83-57-84(100(4,5)6)60-87(59-83)106-93-53-78-43-70-39-27-25-37-68(70)41-76(78)51-89(93)103-90-52-77-42-69-38-26-28-40-71(69)44-79(77)54-94(90)107(88-61-85(101(7,8)9)58-86(62-88)102(10,11)12)96-56-82(55-95(106)97(96)103)98-104-91(80-47-72(64-29-17-13-18-30-64)45-73(48-80)65-31-19-14-20-32-65)63-92(105-98)81-49-74(66-33-21-15-22-34-66)46-75(50-81)67-35-23-16-24-36-67/h13-63H,1-12H3. The molecular weight excluding hydrogens is 1290 g/mol. The van der Waals surface area contributed by atoms with Gasteiger partial charge in [-0.25, -0.2) is 9.97 Å². The van der Waals surface area contributed by atoms with Crippen LogP contribution >= 0.6 is 0 Å². The summed E-state index contributed by atoms with van der Waals surface area (Å²) >= 11 is 0. The van der Waals surface area contributed by atoms with Gasteiger partial charge in [-0.15, -0.1) is 0 Å². The van der Waals surface area contributed by atoms with E-state index in [1.54, 1.807) is 0 Å². The molecule has 107 heavy (non-hydrogen) atoms. The molecule has 0 spiro atoms. The van der Waals surface area contributed by atoms with Gasteiger partial charge < -0.3 is 9.80 Å². The molecule has 2 aliphatic heterocycles. The van der Waals surface area contributed by atoms with Crippen LogP contribution in [0.5, 0.6) is 0 Å². The fraction of sp³-hybridized carbons (Fsp3) is 0.157. The Morgan fingerprint density at radius 1 is 0.224 bits per heavy atom. The first-order valence-electron chi connectivity index (χ1n) is 37.9. The van der Waals surface area contributed by atoms with Crippen molar-refractivity contribution in [2.45, 2.75) is 105 Å².